The highest BCUT2D eigenvalue weighted by atomic mass is 35.5. The Hall–Kier alpha value is -0.240. The molecular formula is C10H17ClO2. The lowest BCUT2D eigenvalue weighted by Crippen LogP contribution is -2.10. The molecule has 0 unspecified atom stereocenters. The lowest BCUT2D eigenvalue weighted by molar-refractivity contribution is -0.142. The fourth-order valence-electron chi connectivity index (χ4n) is 1.92. The highest BCUT2D eigenvalue weighted by Gasteiger charge is 2.16. The van der Waals surface area contributed by atoms with Crippen molar-refractivity contribution in [2.45, 2.75) is 44.9 Å². The average Bonchev–Trinajstić information content (AvgIpc) is 2.33. The Kier molecular flexibility index (Phi) is 5.21. The maximum Gasteiger partial charge on any atom is 0.307 e. The van der Waals surface area contributed by atoms with Gasteiger partial charge in [-0.15, -0.1) is 0 Å². The molecule has 0 heterocycles. The van der Waals surface area contributed by atoms with Gasteiger partial charge in [-0.1, -0.05) is 37.3 Å². The maximum atomic E-state index is 11.1. The number of alkyl halides is 1. The highest BCUT2D eigenvalue weighted by Crippen LogP contribution is 2.25. The van der Waals surface area contributed by atoms with E-state index in [0.29, 0.717) is 12.3 Å². The van der Waals surface area contributed by atoms with Crippen molar-refractivity contribution < 1.29 is 9.53 Å². The van der Waals surface area contributed by atoms with Crippen molar-refractivity contribution in [2.75, 3.05) is 6.07 Å². The number of carbonyl (C=O) groups excluding carboxylic acids is 1. The molecular weight excluding hydrogens is 188 g/mol. The van der Waals surface area contributed by atoms with Crippen molar-refractivity contribution in [1.82, 2.24) is 0 Å². The van der Waals surface area contributed by atoms with Gasteiger partial charge in [-0.2, -0.15) is 0 Å². The first-order valence-corrected chi connectivity index (χ1v) is 5.58. The van der Waals surface area contributed by atoms with Crippen LogP contribution in [0.1, 0.15) is 44.9 Å². The van der Waals surface area contributed by atoms with Crippen LogP contribution in [-0.4, -0.2) is 12.0 Å². The van der Waals surface area contributed by atoms with Gasteiger partial charge in [0, 0.05) is 6.42 Å². The molecule has 3 heteroatoms. The minimum Gasteiger partial charge on any atom is -0.449 e. The van der Waals surface area contributed by atoms with Crippen molar-refractivity contribution in [1.29, 1.82) is 0 Å². The van der Waals surface area contributed by atoms with Gasteiger partial charge in [-0.3, -0.25) is 4.79 Å². The van der Waals surface area contributed by atoms with Crippen LogP contribution in [0.5, 0.6) is 0 Å². The molecule has 0 aromatic heterocycles. The minimum atomic E-state index is -0.137. The third kappa shape index (κ3) is 4.51. The molecule has 13 heavy (non-hydrogen) atoms. The van der Waals surface area contributed by atoms with Crippen molar-refractivity contribution >= 4 is 17.6 Å². The van der Waals surface area contributed by atoms with Crippen LogP contribution in [0.15, 0.2) is 0 Å². The summed E-state index contributed by atoms with van der Waals surface area (Å²) < 4.78 is 4.71. The third-order valence-electron chi connectivity index (χ3n) is 2.65. The summed E-state index contributed by atoms with van der Waals surface area (Å²) in [5, 5.41) is 0. The predicted molar refractivity (Wildman–Crippen MR) is 52.6 cm³/mol. The molecule has 0 spiro atoms. The largest absolute Gasteiger partial charge is 0.449 e. The Morgan fingerprint density at radius 2 is 1.85 bits per heavy atom. The van der Waals surface area contributed by atoms with E-state index in [9.17, 15) is 4.79 Å². The van der Waals surface area contributed by atoms with E-state index in [-0.39, 0.29) is 12.0 Å². The molecule has 2 nitrogen and oxygen atoms in total. The Bertz CT molecular complexity index is 151. The lowest BCUT2D eigenvalue weighted by Gasteiger charge is -2.11. The van der Waals surface area contributed by atoms with E-state index >= 15 is 0 Å². The van der Waals surface area contributed by atoms with E-state index in [1.807, 2.05) is 0 Å². The zero-order chi connectivity index (χ0) is 9.52. The molecule has 1 rings (SSSR count). The van der Waals surface area contributed by atoms with Crippen LogP contribution in [0.4, 0.5) is 0 Å². The van der Waals surface area contributed by atoms with E-state index in [2.05, 4.69) is 0 Å². The molecule has 0 atom stereocenters. The number of carbonyl (C=O) groups is 1. The van der Waals surface area contributed by atoms with Crippen LogP contribution in [0, 0.1) is 5.92 Å². The third-order valence-corrected chi connectivity index (χ3v) is 2.75. The van der Waals surface area contributed by atoms with Gasteiger partial charge < -0.3 is 4.74 Å². The first-order valence-electron chi connectivity index (χ1n) is 5.04. The van der Waals surface area contributed by atoms with Crippen molar-refractivity contribution in [3.63, 3.8) is 0 Å². The van der Waals surface area contributed by atoms with Gasteiger partial charge in [-0.25, -0.2) is 0 Å². The Balaban J connectivity index is 2.21. The number of ether oxygens (including phenoxy) is 1. The Morgan fingerprint density at radius 1 is 1.23 bits per heavy atom. The number of rotatable bonds is 3. The van der Waals surface area contributed by atoms with Gasteiger partial charge in [0.2, 0.25) is 0 Å². The molecule has 0 aliphatic heterocycles. The maximum absolute atomic E-state index is 11.1. The summed E-state index contributed by atoms with van der Waals surface area (Å²) in [5.41, 5.74) is 0. The summed E-state index contributed by atoms with van der Waals surface area (Å²) in [6.45, 7) is 0. The fourth-order valence-corrected chi connectivity index (χ4v) is 2.05. The molecule has 0 saturated heterocycles. The zero-order valence-corrected chi connectivity index (χ0v) is 8.68. The number of hydrogen-bond donors (Lipinski definition) is 0. The Labute approximate surface area is 84.6 Å². The molecule has 0 amide bonds. The van der Waals surface area contributed by atoms with E-state index in [4.69, 9.17) is 16.3 Å². The smallest absolute Gasteiger partial charge is 0.307 e. The number of esters is 1. The second-order valence-corrected chi connectivity index (χ2v) is 3.91. The van der Waals surface area contributed by atoms with Crippen LogP contribution in [0.2, 0.25) is 0 Å². The lowest BCUT2D eigenvalue weighted by atomic mass is 9.97. The first-order chi connectivity index (χ1) is 6.33. The molecule has 0 aromatic rings. The van der Waals surface area contributed by atoms with Gasteiger partial charge in [0.25, 0.3) is 0 Å². The molecule has 0 N–H and O–H groups in total. The Morgan fingerprint density at radius 3 is 2.38 bits per heavy atom. The van der Waals surface area contributed by atoms with Crippen molar-refractivity contribution in [2.24, 2.45) is 5.92 Å². The van der Waals surface area contributed by atoms with Crippen LogP contribution in [0.3, 0.4) is 0 Å². The minimum absolute atomic E-state index is 0.00838. The van der Waals surface area contributed by atoms with Crippen LogP contribution in [0.25, 0.3) is 0 Å². The second kappa shape index (κ2) is 6.25. The standard InChI is InChI=1S/C10H17ClO2/c11-8-13-10(12)7-9-5-3-1-2-4-6-9/h9H,1-8H2. The quantitative estimate of drug-likeness (QED) is 0.401. The van der Waals surface area contributed by atoms with Gasteiger partial charge in [0.15, 0.2) is 6.07 Å². The summed E-state index contributed by atoms with van der Waals surface area (Å²) >= 11 is 5.30. The summed E-state index contributed by atoms with van der Waals surface area (Å²) in [6.07, 6.45) is 8.08. The van der Waals surface area contributed by atoms with E-state index in [0.717, 1.165) is 0 Å². The molecule has 0 aromatic carbocycles. The molecule has 0 bridgehead atoms. The molecule has 76 valence electrons. The summed E-state index contributed by atoms with van der Waals surface area (Å²) in [4.78, 5) is 11.1. The number of halogens is 1. The molecule has 1 fully saturated rings. The summed E-state index contributed by atoms with van der Waals surface area (Å²) in [5.74, 6) is 0.403. The fraction of sp³-hybridized carbons (Fsp3) is 0.900. The topological polar surface area (TPSA) is 26.3 Å². The summed E-state index contributed by atoms with van der Waals surface area (Å²) in [6, 6.07) is -0.00838. The van der Waals surface area contributed by atoms with Gasteiger partial charge in [0.05, 0.1) is 0 Å². The number of hydrogen-bond acceptors (Lipinski definition) is 2. The van der Waals surface area contributed by atoms with Crippen LogP contribution < -0.4 is 0 Å². The van der Waals surface area contributed by atoms with E-state index in [1.54, 1.807) is 0 Å². The highest BCUT2D eigenvalue weighted by molar-refractivity contribution is 6.17. The van der Waals surface area contributed by atoms with Crippen LogP contribution >= 0.6 is 11.6 Å². The van der Waals surface area contributed by atoms with E-state index in [1.165, 1.54) is 38.5 Å². The first kappa shape index (κ1) is 10.8. The van der Waals surface area contributed by atoms with Crippen molar-refractivity contribution in [3.8, 4) is 0 Å². The monoisotopic (exact) mass is 204 g/mol. The normalized spacial score (nSPS) is 19.5. The second-order valence-electron chi connectivity index (χ2n) is 3.69. The zero-order valence-electron chi connectivity index (χ0n) is 7.93. The van der Waals surface area contributed by atoms with Crippen LogP contribution in [-0.2, 0) is 9.53 Å². The average molecular weight is 205 g/mol. The molecule has 1 aliphatic carbocycles. The SMILES string of the molecule is O=C(CC1CCCCCC1)OCCl. The van der Waals surface area contributed by atoms with Crippen molar-refractivity contribution in [3.05, 3.63) is 0 Å². The summed E-state index contributed by atoms with van der Waals surface area (Å²) in [7, 11) is 0. The van der Waals surface area contributed by atoms with E-state index < -0.39 is 0 Å². The molecule has 0 radical (unpaired) electrons. The molecule has 1 aliphatic rings. The van der Waals surface area contributed by atoms with Gasteiger partial charge in [-0.05, 0) is 18.8 Å². The van der Waals surface area contributed by atoms with Gasteiger partial charge in [0.1, 0.15) is 0 Å². The van der Waals surface area contributed by atoms with Gasteiger partial charge >= 0.3 is 5.97 Å². The predicted octanol–water partition coefficient (Wildman–Crippen LogP) is 3.09. The molecule has 1 saturated carbocycles.